The summed E-state index contributed by atoms with van der Waals surface area (Å²) in [6.07, 6.45) is 2.32. The third-order valence-corrected chi connectivity index (χ3v) is 2.82. The van der Waals surface area contributed by atoms with Crippen LogP contribution in [0, 0.1) is 0 Å². The molecule has 0 saturated carbocycles. The van der Waals surface area contributed by atoms with E-state index in [-0.39, 0.29) is 11.2 Å². The molecular weight excluding hydrogens is 184 g/mol. The van der Waals surface area contributed by atoms with Crippen molar-refractivity contribution in [1.82, 2.24) is 0 Å². The number of aryl methyl sites for hydroxylation is 1. The van der Waals surface area contributed by atoms with Gasteiger partial charge in [-0.2, -0.15) is 0 Å². The van der Waals surface area contributed by atoms with Crippen molar-refractivity contribution in [3.63, 3.8) is 0 Å². The summed E-state index contributed by atoms with van der Waals surface area (Å²) in [6.45, 7) is 0. The number of fused-ring (bicyclic) bond motifs is 1. The van der Waals surface area contributed by atoms with Crippen molar-refractivity contribution in [1.29, 1.82) is 0 Å². The quantitative estimate of drug-likeness (QED) is 0.459. The molecule has 1 aromatic carbocycles. The van der Waals surface area contributed by atoms with Crippen molar-refractivity contribution in [2.24, 2.45) is 0 Å². The zero-order valence-corrected chi connectivity index (χ0v) is 8.05. The first-order valence-electron chi connectivity index (χ1n) is 4.52. The van der Waals surface area contributed by atoms with Gasteiger partial charge in [-0.15, -0.1) is 11.6 Å². The van der Waals surface area contributed by atoms with Gasteiger partial charge in [-0.1, -0.05) is 24.3 Å². The number of hydrogen-bond donors (Lipinski definition) is 0. The summed E-state index contributed by atoms with van der Waals surface area (Å²) in [7, 11) is 0. The molecule has 1 atom stereocenters. The molecule has 2 heteroatoms. The number of Topliss-reactive ketones (excluding diaryl/α,β-unsaturated/α-hetero) is 1. The van der Waals surface area contributed by atoms with Crippen LogP contribution >= 0.6 is 11.6 Å². The Morgan fingerprint density at radius 2 is 2.08 bits per heavy atom. The van der Waals surface area contributed by atoms with Crippen molar-refractivity contribution >= 4 is 17.4 Å². The second-order valence-corrected chi connectivity index (χ2v) is 4.04. The average Bonchev–Trinajstić information content (AvgIpc) is 2.27. The molecule has 0 fully saturated rings. The Kier molecular flexibility index (Phi) is 2.36. The Morgan fingerprint density at radius 1 is 1.31 bits per heavy atom. The van der Waals surface area contributed by atoms with Crippen molar-refractivity contribution in [2.45, 2.75) is 24.6 Å². The lowest BCUT2D eigenvalue weighted by Crippen LogP contribution is -2.04. The Bertz CT molecular complexity index is 333. The summed E-state index contributed by atoms with van der Waals surface area (Å²) >= 11 is 5.99. The maximum absolute atomic E-state index is 11.6. The molecule has 68 valence electrons. The van der Waals surface area contributed by atoms with Crippen LogP contribution in [0.5, 0.6) is 0 Å². The van der Waals surface area contributed by atoms with Crippen LogP contribution in [0.2, 0.25) is 0 Å². The van der Waals surface area contributed by atoms with Gasteiger partial charge in [0.05, 0.1) is 0 Å². The molecule has 0 spiro atoms. The van der Waals surface area contributed by atoms with E-state index in [4.69, 9.17) is 11.6 Å². The molecular formula is C11H11ClO. The molecule has 1 aliphatic carbocycles. The maximum atomic E-state index is 11.6. The predicted molar refractivity (Wildman–Crippen MR) is 53.4 cm³/mol. The number of alkyl halides is 1. The number of rotatable bonds is 0. The number of carbonyl (C=O) groups excluding carboxylic acids is 1. The van der Waals surface area contributed by atoms with Crippen LogP contribution in [-0.2, 0) is 6.42 Å². The Balaban J connectivity index is 2.40. The lowest BCUT2D eigenvalue weighted by atomic mass is 10.0. The molecule has 0 aliphatic heterocycles. The van der Waals surface area contributed by atoms with Gasteiger partial charge in [0.15, 0.2) is 5.78 Å². The molecule has 1 unspecified atom stereocenters. The van der Waals surface area contributed by atoms with Gasteiger partial charge in [0.25, 0.3) is 0 Å². The fourth-order valence-corrected chi connectivity index (χ4v) is 1.98. The SMILES string of the molecule is O=C1CC(Cl)CCc2ccccc21. The van der Waals surface area contributed by atoms with Crippen LogP contribution in [0.15, 0.2) is 24.3 Å². The molecule has 13 heavy (non-hydrogen) atoms. The predicted octanol–water partition coefficient (Wildman–Crippen LogP) is 2.81. The van der Waals surface area contributed by atoms with E-state index >= 15 is 0 Å². The van der Waals surface area contributed by atoms with Crippen molar-refractivity contribution in [3.05, 3.63) is 35.4 Å². The summed E-state index contributed by atoms with van der Waals surface area (Å²) in [5.74, 6) is 0.188. The lowest BCUT2D eigenvalue weighted by molar-refractivity contribution is 0.0983. The molecule has 0 amide bonds. The van der Waals surface area contributed by atoms with Crippen LogP contribution in [0.4, 0.5) is 0 Å². The third-order valence-electron chi connectivity index (χ3n) is 2.45. The number of benzene rings is 1. The zero-order valence-electron chi connectivity index (χ0n) is 7.29. The largest absolute Gasteiger partial charge is 0.294 e. The minimum Gasteiger partial charge on any atom is -0.294 e. The summed E-state index contributed by atoms with van der Waals surface area (Å²) < 4.78 is 0. The zero-order chi connectivity index (χ0) is 9.26. The monoisotopic (exact) mass is 194 g/mol. The van der Waals surface area contributed by atoms with E-state index in [2.05, 4.69) is 0 Å². The number of hydrogen-bond acceptors (Lipinski definition) is 1. The van der Waals surface area contributed by atoms with Crippen molar-refractivity contribution in [3.8, 4) is 0 Å². The van der Waals surface area contributed by atoms with Gasteiger partial charge in [-0.3, -0.25) is 4.79 Å². The van der Waals surface area contributed by atoms with Crippen LogP contribution < -0.4 is 0 Å². The van der Waals surface area contributed by atoms with E-state index in [1.54, 1.807) is 0 Å². The van der Waals surface area contributed by atoms with E-state index < -0.39 is 0 Å². The van der Waals surface area contributed by atoms with Gasteiger partial charge in [-0.05, 0) is 18.4 Å². The van der Waals surface area contributed by atoms with Gasteiger partial charge in [0.1, 0.15) is 0 Å². The maximum Gasteiger partial charge on any atom is 0.164 e. The topological polar surface area (TPSA) is 17.1 Å². The van der Waals surface area contributed by atoms with E-state index in [0.29, 0.717) is 6.42 Å². The first-order chi connectivity index (χ1) is 6.27. The summed E-state index contributed by atoms with van der Waals surface area (Å²) in [5.41, 5.74) is 2.02. The fraction of sp³-hybridized carbons (Fsp3) is 0.364. The van der Waals surface area contributed by atoms with E-state index in [9.17, 15) is 4.79 Å². The summed E-state index contributed by atoms with van der Waals surface area (Å²) in [4.78, 5) is 11.6. The van der Waals surface area contributed by atoms with Gasteiger partial charge < -0.3 is 0 Å². The van der Waals surface area contributed by atoms with Gasteiger partial charge in [0.2, 0.25) is 0 Å². The first kappa shape index (κ1) is 8.76. The smallest absolute Gasteiger partial charge is 0.164 e. The van der Waals surface area contributed by atoms with E-state index in [1.807, 2.05) is 24.3 Å². The second-order valence-electron chi connectivity index (χ2n) is 3.42. The second kappa shape index (κ2) is 3.51. The number of halogens is 1. The minimum atomic E-state index is 0.0138. The molecule has 0 saturated heterocycles. The molecule has 0 heterocycles. The Labute approximate surface area is 82.7 Å². The third kappa shape index (κ3) is 1.75. The highest BCUT2D eigenvalue weighted by molar-refractivity contribution is 6.22. The van der Waals surface area contributed by atoms with Crippen molar-refractivity contribution in [2.75, 3.05) is 0 Å². The first-order valence-corrected chi connectivity index (χ1v) is 4.96. The van der Waals surface area contributed by atoms with E-state index in [1.165, 1.54) is 0 Å². The molecule has 1 nitrogen and oxygen atoms in total. The molecule has 0 aromatic heterocycles. The van der Waals surface area contributed by atoms with Crippen molar-refractivity contribution < 1.29 is 4.79 Å². The molecule has 0 bridgehead atoms. The standard InChI is InChI=1S/C11H11ClO/c12-9-6-5-8-3-1-2-4-10(8)11(13)7-9/h1-4,9H,5-7H2. The Hall–Kier alpha value is -0.820. The highest BCUT2D eigenvalue weighted by atomic mass is 35.5. The van der Waals surface area contributed by atoms with Gasteiger partial charge in [-0.25, -0.2) is 0 Å². The van der Waals surface area contributed by atoms with Crippen LogP contribution in [0.1, 0.15) is 28.8 Å². The van der Waals surface area contributed by atoms with Gasteiger partial charge in [0, 0.05) is 17.4 Å². The number of ketones is 1. The van der Waals surface area contributed by atoms with Gasteiger partial charge >= 0.3 is 0 Å². The molecule has 2 rings (SSSR count). The van der Waals surface area contributed by atoms with E-state index in [0.717, 1.165) is 24.0 Å². The number of carbonyl (C=O) groups is 1. The summed E-state index contributed by atoms with van der Waals surface area (Å²) in [6, 6.07) is 7.79. The average molecular weight is 195 g/mol. The molecule has 0 N–H and O–H groups in total. The minimum absolute atomic E-state index is 0.0138. The normalized spacial score (nSPS) is 22.2. The molecule has 1 aromatic rings. The fourth-order valence-electron chi connectivity index (χ4n) is 1.74. The van der Waals surface area contributed by atoms with Crippen LogP contribution in [-0.4, -0.2) is 11.2 Å². The van der Waals surface area contributed by atoms with Crippen LogP contribution in [0.3, 0.4) is 0 Å². The summed E-state index contributed by atoms with van der Waals surface area (Å²) in [5, 5.41) is 0.0138. The highest BCUT2D eigenvalue weighted by Gasteiger charge is 2.19. The lowest BCUT2D eigenvalue weighted by Gasteiger charge is -2.01. The Morgan fingerprint density at radius 3 is 2.92 bits per heavy atom. The highest BCUT2D eigenvalue weighted by Crippen LogP contribution is 2.23. The van der Waals surface area contributed by atoms with Crippen LogP contribution in [0.25, 0.3) is 0 Å². The molecule has 0 radical (unpaired) electrons. The molecule has 1 aliphatic rings.